The molecule has 1 atom stereocenters. The normalized spacial score (nSPS) is 16.6. The molecule has 6 heteroatoms. The second-order valence-electron chi connectivity index (χ2n) is 3.97. The fourth-order valence-corrected chi connectivity index (χ4v) is 1.37. The van der Waals surface area contributed by atoms with Crippen molar-refractivity contribution in [3.8, 4) is 0 Å². The van der Waals surface area contributed by atoms with E-state index >= 15 is 0 Å². The van der Waals surface area contributed by atoms with Gasteiger partial charge in [-0.1, -0.05) is 0 Å². The van der Waals surface area contributed by atoms with Crippen molar-refractivity contribution in [3.63, 3.8) is 0 Å². The Morgan fingerprint density at radius 3 is 2.75 bits per heavy atom. The Morgan fingerprint density at radius 1 is 1.50 bits per heavy atom. The fourth-order valence-electron chi connectivity index (χ4n) is 1.37. The summed E-state index contributed by atoms with van der Waals surface area (Å²) in [7, 11) is 0. The second kappa shape index (κ2) is 6.32. The lowest BCUT2D eigenvalue weighted by molar-refractivity contribution is -0.142. The number of urea groups is 1. The molecule has 1 aliphatic rings. The number of hydrogen-bond acceptors (Lipinski definition) is 3. The van der Waals surface area contributed by atoms with Gasteiger partial charge >= 0.3 is 12.0 Å². The maximum absolute atomic E-state index is 11.3. The predicted octanol–water partition coefficient (Wildman–Crippen LogP) is 0.185. The van der Waals surface area contributed by atoms with E-state index < -0.39 is 5.97 Å². The van der Waals surface area contributed by atoms with Crippen LogP contribution in [0.1, 0.15) is 19.8 Å². The highest BCUT2D eigenvalue weighted by Gasteiger charge is 2.28. The summed E-state index contributed by atoms with van der Waals surface area (Å²) in [5.74, 6) is -0.388. The number of carboxylic acids is 1. The van der Waals surface area contributed by atoms with E-state index in [2.05, 4.69) is 10.6 Å². The molecular formula is C10H18N2O4. The number of hydrogen-bond donors (Lipinski definition) is 3. The number of aliphatic carboxylic acids is 1. The molecule has 6 nitrogen and oxygen atoms in total. The lowest BCUT2D eigenvalue weighted by atomic mass is 10.2. The summed E-state index contributed by atoms with van der Waals surface area (Å²) in [5, 5.41) is 13.7. The van der Waals surface area contributed by atoms with Gasteiger partial charge in [0, 0.05) is 12.6 Å². The van der Waals surface area contributed by atoms with Crippen LogP contribution in [0.3, 0.4) is 0 Å². The van der Waals surface area contributed by atoms with Gasteiger partial charge in [0.2, 0.25) is 0 Å². The van der Waals surface area contributed by atoms with Crippen LogP contribution >= 0.6 is 0 Å². The summed E-state index contributed by atoms with van der Waals surface area (Å²) in [5.41, 5.74) is 0. The maximum atomic E-state index is 11.3. The van der Waals surface area contributed by atoms with E-state index in [1.54, 1.807) is 0 Å². The Kier molecular flexibility index (Phi) is 5.04. The largest absolute Gasteiger partial charge is 0.480 e. The van der Waals surface area contributed by atoms with Crippen molar-refractivity contribution in [1.82, 2.24) is 10.6 Å². The van der Waals surface area contributed by atoms with Gasteiger partial charge < -0.3 is 20.5 Å². The molecule has 1 unspecified atom stereocenters. The van der Waals surface area contributed by atoms with E-state index in [0.29, 0.717) is 12.5 Å². The molecular weight excluding hydrogens is 212 g/mol. The third kappa shape index (κ3) is 5.55. The zero-order valence-corrected chi connectivity index (χ0v) is 9.36. The molecule has 16 heavy (non-hydrogen) atoms. The SMILES string of the molecule is CC(NC(=O)NCCOCC(=O)O)C1CC1. The quantitative estimate of drug-likeness (QED) is 0.545. The molecule has 0 aromatic carbocycles. The number of ether oxygens (including phenoxy) is 1. The average molecular weight is 230 g/mol. The number of nitrogens with one attached hydrogen (secondary N) is 2. The molecule has 3 N–H and O–H groups in total. The van der Waals surface area contributed by atoms with Crippen molar-refractivity contribution in [1.29, 1.82) is 0 Å². The van der Waals surface area contributed by atoms with Gasteiger partial charge in [0.15, 0.2) is 0 Å². The lowest BCUT2D eigenvalue weighted by Crippen LogP contribution is -2.42. The summed E-state index contributed by atoms with van der Waals surface area (Å²) >= 11 is 0. The summed E-state index contributed by atoms with van der Waals surface area (Å²) in [6.45, 7) is 2.17. The Bertz CT molecular complexity index is 253. The van der Waals surface area contributed by atoms with E-state index in [-0.39, 0.29) is 25.3 Å². The van der Waals surface area contributed by atoms with Crippen LogP contribution < -0.4 is 10.6 Å². The summed E-state index contributed by atoms with van der Waals surface area (Å²) < 4.78 is 4.77. The summed E-state index contributed by atoms with van der Waals surface area (Å²) in [4.78, 5) is 21.4. The Labute approximate surface area is 94.3 Å². The zero-order chi connectivity index (χ0) is 12.0. The molecule has 0 radical (unpaired) electrons. The first-order valence-electron chi connectivity index (χ1n) is 5.43. The highest BCUT2D eigenvalue weighted by molar-refractivity contribution is 5.74. The van der Waals surface area contributed by atoms with Gasteiger partial charge in [-0.05, 0) is 25.7 Å². The van der Waals surface area contributed by atoms with Crippen molar-refractivity contribution in [2.45, 2.75) is 25.8 Å². The van der Waals surface area contributed by atoms with E-state index in [4.69, 9.17) is 9.84 Å². The number of amides is 2. The van der Waals surface area contributed by atoms with Crippen LogP contribution in [0, 0.1) is 5.92 Å². The molecule has 1 saturated carbocycles. The lowest BCUT2D eigenvalue weighted by Gasteiger charge is -2.13. The Hall–Kier alpha value is -1.30. The number of carbonyl (C=O) groups is 2. The standard InChI is InChI=1S/C10H18N2O4/c1-7(8-2-3-8)12-10(15)11-4-5-16-6-9(13)14/h7-8H,2-6H2,1H3,(H,13,14)(H2,11,12,15). The molecule has 0 aliphatic heterocycles. The van der Waals surface area contributed by atoms with Crippen LogP contribution in [-0.2, 0) is 9.53 Å². The van der Waals surface area contributed by atoms with Crippen molar-refractivity contribution >= 4 is 12.0 Å². The minimum Gasteiger partial charge on any atom is -0.480 e. The molecule has 0 aromatic heterocycles. The first kappa shape index (κ1) is 12.8. The first-order valence-corrected chi connectivity index (χ1v) is 5.43. The highest BCUT2D eigenvalue weighted by atomic mass is 16.5. The maximum Gasteiger partial charge on any atom is 0.329 e. The molecule has 92 valence electrons. The molecule has 0 spiro atoms. The molecule has 0 bridgehead atoms. The number of rotatable bonds is 7. The monoisotopic (exact) mass is 230 g/mol. The number of carbonyl (C=O) groups excluding carboxylic acids is 1. The molecule has 2 amide bonds. The summed E-state index contributed by atoms with van der Waals surface area (Å²) in [6.07, 6.45) is 2.37. The van der Waals surface area contributed by atoms with Crippen molar-refractivity contribution in [2.24, 2.45) is 5.92 Å². The van der Waals surface area contributed by atoms with Crippen molar-refractivity contribution in [3.05, 3.63) is 0 Å². The minimum atomic E-state index is -1.01. The van der Waals surface area contributed by atoms with Crippen LogP contribution in [0.2, 0.25) is 0 Å². The second-order valence-corrected chi connectivity index (χ2v) is 3.97. The van der Waals surface area contributed by atoms with E-state index in [1.807, 2.05) is 6.92 Å². The smallest absolute Gasteiger partial charge is 0.329 e. The van der Waals surface area contributed by atoms with Gasteiger partial charge in [-0.15, -0.1) is 0 Å². The predicted molar refractivity (Wildman–Crippen MR) is 57.2 cm³/mol. The van der Waals surface area contributed by atoms with Crippen LogP contribution in [-0.4, -0.2) is 42.9 Å². The Balaban J connectivity index is 1.95. The van der Waals surface area contributed by atoms with Crippen LogP contribution in [0.15, 0.2) is 0 Å². The number of carboxylic acid groups (broad SMARTS) is 1. The Morgan fingerprint density at radius 2 is 2.19 bits per heavy atom. The van der Waals surface area contributed by atoms with E-state index in [9.17, 15) is 9.59 Å². The van der Waals surface area contributed by atoms with Crippen molar-refractivity contribution in [2.75, 3.05) is 19.8 Å². The molecule has 1 fully saturated rings. The van der Waals surface area contributed by atoms with Gasteiger partial charge in [-0.2, -0.15) is 0 Å². The third-order valence-corrected chi connectivity index (χ3v) is 2.45. The molecule has 0 heterocycles. The first-order chi connectivity index (χ1) is 7.59. The zero-order valence-electron chi connectivity index (χ0n) is 9.36. The van der Waals surface area contributed by atoms with Crippen LogP contribution in [0.5, 0.6) is 0 Å². The van der Waals surface area contributed by atoms with Gasteiger partial charge in [-0.3, -0.25) is 0 Å². The summed E-state index contributed by atoms with van der Waals surface area (Å²) in [6, 6.07) is -0.0155. The molecule has 1 rings (SSSR count). The minimum absolute atomic E-state index is 0.206. The van der Waals surface area contributed by atoms with E-state index in [1.165, 1.54) is 12.8 Å². The third-order valence-electron chi connectivity index (χ3n) is 2.45. The average Bonchev–Trinajstić information content (AvgIpc) is 2.99. The molecule has 1 aliphatic carbocycles. The molecule has 0 aromatic rings. The van der Waals surface area contributed by atoms with Crippen molar-refractivity contribution < 1.29 is 19.4 Å². The topological polar surface area (TPSA) is 87.7 Å². The van der Waals surface area contributed by atoms with Gasteiger partial charge in [0.05, 0.1) is 6.61 Å². The fraction of sp³-hybridized carbons (Fsp3) is 0.800. The van der Waals surface area contributed by atoms with Crippen LogP contribution in [0.4, 0.5) is 4.79 Å². The molecule has 0 saturated heterocycles. The highest BCUT2D eigenvalue weighted by Crippen LogP contribution is 2.32. The van der Waals surface area contributed by atoms with Gasteiger partial charge in [0.1, 0.15) is 6.61 Å². The van der Waals surface area contributed by atoms with E-state index in [0.717, 1.165) is 0 Å². The van der Waals surface area contributed by atoms with Crippen LogP contribution in [0.25, 0.3) is 0 Å². The van der Waals surface area contributed by atoms with Gasteiger partial charge in [-0.25, -0.2) is 9.59 Å². The van der Waals surface area contributed by atoms with Gasteiger partial charge in [0.25, 0.3) is 0 Å².